The number of halogens is 2. The lowest BCUT2D eigenvalue weighted by Gasteiger charge is -2.38. The van der Waals surface area contributed by atoms with Gasteiger partial charge in [0.05, 0.1) is 34.5 Å². The van der Waals surface area contributed by atoms with E-state index in [0.29, 0.717) is 36.8 Å². The van der Waals surface area contributed by atoms with E-state index in [1.165, 1.54) is 18.3 Å². The number of carbonyl (C=O) groups is 2. The highest BCUT2D eigenvalue weighted by Gasteiger charge is 2.49. The summed E-state index contributed by atoms with van der Waals surface area (Å²) >= 11 is 0. The highest BCUT2D eigenvalue weighted by molar-refractivity contribution is 6.02. The fraction of sp³-hybridized carbons (Fsp3) is 0.424. The zero-order valence-electron chi connectivity index (χ0n) is 27.2. The smallest absolute Gasteiger partial charge is 0.387 e. The van der Waals surface area contributed by atoms with Crippen molar-refractivity contribution < 1.29 is 27.8 Å². The van der Waals surface area contributed by atoms with Crippen LogP contribution < -0.4 is 25.2 Å². The highest BCUT2D eigenvalue weighted by Crippen LogP contribution is 2.53. The van der Waals surface area contributed by atoms with Gasteiger partial charge in [-0.2, -0.15) is 13.8 Å². The minimum absolute atomic E-state index is 0.00919. The van der Waals surface area contributed by atoms with Crippen molar-refractivity contribution in [1.29, 1.82) is 0 Å². The third kappa shape index (κ3) is 7.27. The van der Waals surface area contributed by atoms with Crippen LogP contribution in [0, 0.1) is 0 Å². The van der Waals surface area contributed by atoms with Gasteiger partial charge in [0.1, 0.15) is 5.56 Å². The van der Waals surface area contributed by atoms with Gasteiger partial charge in [-0.3, -0.25) is 9.78 Å². The molecule has 2 aromatic heterocycles. The van der Waals surface area contributed by atoms with Gasteiger partial charge >= 0.3 is 12.6 Å². The number of hydrogen-bond acceptors (Lipinski definition) is 11. The standard InChI is InChI=1S/C33H40F2N8O4/c1-7-27(44)38-22-16-23(26(47-31(34)35)17-25(22)42(6)15-14-41(4)5)39-32-37-18-21(30(45)46-20(2)3)29(40-32)43-19-33(11-9-12-33)28-24(43)10-8-13-36-28/h7-8,10,13,16-18,20,31H,1,9,11-12,14-15,19H2,2-6H3,(H,38,44)(H,37,39,40). The molecule has 1 aromatic carbocycles. The number of nitrogens with zero attached hydrogens (tertiary/aromatic N) is 6. The van der Waals surface area contributed by atoms with Gasteiger partial charge in [-0.25, -0.2) is 9.78 Å². The van der Waals surface area contributed by atoms with E-state index in [0.717, 1.165) is 36.7 Å². The van der Waals surface area contributed by atoms with Crippen molar-refractivity contribution >= 4 is 46.4 Å². The number of amides is 1. The number of nitrogens with one attached hydrogen (secondary N) is 2. The monoisotopic (exact) mass is 650 g/mol. The van der Waals surface area contributed by atoms with E-state index in [2.05, 4.69) is 22.2 Å². The molecule has 3 heterocycles. The van der Waals surface area contributed by atoms with Gasteiger partial charge in [0.15, 0.2) is 11.6 Å². The Morgan fingerprint density at radius 2 is 1.91 bits per heavy atom. The number of aromatic nitrogens is 3. The van der Waals surface area contributed by atoms with Gasteiger partial charge < -0.3 is 34.8 Å². The predicted molar refractivity (Wildman–Crippen MR) is 176 cm³/mol. The predicted octanol–water partition coefficient (Wildman–Crippen LogP) is 5.48. The highest BCUT2D eigenvalue weighted by atomic mass is 19.3. The SMILES string of the molecule is C=CC(=O)Nc1cc(Nc2ncc(C(=O)OC(C)C)c(N3CC4(CCC4)c4ncccc43)n2)c(OC(F)F)cc1N(C)CCN(C)C. The maximum Gasteiger partial charge on any atom is 0.387 e. The summed E-state index contributed by atoms with van der Waals surface area (Å²) < 4.78 is 37.9. The van der Waals surface area contributed by atoms with E-state index in [1.54, 1.807) is 27.1 Å². The first-order chi connectivity index (χ1) is 22.4. The molecule has 1 aliphatic carbocycles. The van der Waals surface area contributed by atoms with Crippen LogP contribution in [0.5, 0.6) is 5.75 Å². The van der Waals surface area contributed by atoms with E-state index in [4.69, 9.17) is 19.4 Å². The van der Waals surface area contributed by atoms with E-state index < -0.39 is 18.5 Å². The van der Waals surface area contributed by atoms with Crippen molar-refractivity contribution in [3.63, 3.8) is 0 Å². The molecule has 5 rings (SSSR count). The molecule has 0 radical (unpaired) electrons. The minimum Gasteiger partial charge on any atom is -0.459 e. The van der Waals surface area contributed by atoms with Crippen molar-refractivity contribution in [1.82, 2.24) is 19.9 Å². The summed E-state index contributed by atoms with van der Waals surface area (Å²) in [7, 11) is 5.61. The zero-order chi connectivity index (χ0) is 33.9. The quantitative estimate of drug-likeness (QED) is 0.181. The van der Waals surface area contributed by atoms with Crippen molar-refractivity contribution in [2.45, 2.75) is 51.2 Å². The lowest BCUT2D eigenvalue weighted by Crippen LogP contribution is -2.39. The Hall–Kier alpha value is -4.85. The maximum atomic E-state index is 13.7. The number of likely N-dealkylation sites (N-methyl/N-ethyl adjacent to an activating group) is 2. The molecule has 250 valence electrons. The summed E-state index contributed by atoms with van der Waals surface area (Å²) in [5.41, 5.74) is 2.61. The number of esters is 1. The number of rotatable bonds is 13. The molecule has 1 saturated carbocycles. The Morgan fingerprint density at radius 3 is 2.55 bits per heavy atom. The van der Waals surface area contributed by atoms with Gasteiger partial charge in [-0.15, -0.1) is 0 Å². The maximum absolute atomic E-state index is 13.7. The second-order valence-electron chi connectivity index (χ2n) is 12.3. The first-order valence-corrected chi connectivity index (χ1v) is 15.4. The van der Waals surface area contributed by atoms with Crippen molar-refractivity contribution in [3.05, 3.63) is 60.6 Å². The van der Waals surface area contributed by atoms with Crippen LogP contribution in [0.2, 0.25) is 0 Å². The summed E-state index contributed by atoms with van der Waals surface area (Å²) in [6.45, 7) is 5.64. The summed E-state index contributed by atoms with van der Waals surface area (Å²) in [6, 6.07) is 6.67. The molecular formula is C33H40F2N8O4. The Balaban J connectivity index is 1.59. The fourth-order valence-electron chi connectivity index (χ4n) is 5.78. The Labute approximate surface area is 272 Å². The Morgan fingerprint density at radius 1 is 1.15 bits per heavy atom. The van der Waals surface area contributed by atoms with Gasteiger partial charge in [0, 0.05) is 50.6 Å². The molecule has 47 heavy (non-hydrogen) atoms. The third-order valence-electron chi connectivity index (χ3n) is 8.24. The normalized spacial score (nSPS) is 14.6. The number of pyridine rings is 1. The van der Waals surface area contributed by atoms with Gasteiger partial charge in [0.2, 0.25) is 11.9 Å². The number of alkyl halides is 2. The second kappa shape index (κ2) is 13.9. The van der Waals surface area contributed by atoms with Gasteiger partial charge in [-0.05, 0) is 65.1 Å². The van der Waals surface area contributed by atoms with E-state index in [9.17, 15) is 18.4 Å². The molecule has 0 unspecified atom stereocenters. The summed E-state index contributed by atoms with van der Waals surface area (Å²) in [5, 5.41) is 5.74. The minimum atomic E-state index is -3.14. The summed E-state index contributed by atoms with van der Waals surface area (Å²) in [4.78, 5) is 45.2. The van der Waals surface area contributed by atoms with Crippen LogP contribution in [0.3, 0.4) is 0 Å². The average Bonchev–Trinajstić information content (AvgIpc) is 3.36. The average molecular weight is 651 g/mol. The lowest BCUT2D eigenvalue weighted by molar-refractivity contribution is -0.111. The van der Waals surface area contributed by atoms with Crippen LogP contribution in [-0.2, 0) is 14.9 Å². The summed E-state index contributed by atoms with van der Waals surface area (Å²) in [6.07, 6.45) is 6.83. The van der Waals surface area contributed by atoms with E-state index >= 15 is 0 Å². The Bertz CT molecular complexity index is 1650. The molecule has 1 amide bonds. The lowest BCUT2D eigenvalue weighted by atomic mass is 9.67. The van der Waals surface area contributed by atoms with Crippen LogP contribution in [0.25, 0.3) is 0 Å². The second-order valence-corrected chi connectivity index (χ2v) is 12.3. The van der Waals surface area contributed by atoms with Crippen LogP contribution in [0.4, 0.5) is 43.3 Å². The molecule has 0 bridgehead atoms. The van der Waals surface area contributed by atoms with Crippen molar-refractivity contribution in [2.75, 3.05) is 61.2 Å². The molecule has 3 aromatic rings. The number of benzene rings is 1. The molecule has 0 saturated heterocycles. The van der Waals surface area contributed by atoms with E-state index in [-0.39, 0.29) is 34.5 Å². The van der Waals surface area contributed by atoms with Crippen molar-refractivity contribution in [2.24, 2.45) is 0 Å². The molecule has 0 atom stereocenters. The van der Waals surface area contributed by atoms with Crippen LogP contribution in [0.1, 0.15) is 49.2 Å². The number of carbonyl (C=O) groups excluding carboxylic acids is 2. The van der Waals surface area contributed by atoms with Crippen LogP contribution in [0.15, 0.2) is 49.3 Å². The molecule has 1 fully saturated rings. The number of hydrogen-bond donors (Lipinski definition) is 2. The molecule has 2 N–H and O–H groups in total. The first kappa shape index (κ1) is 33.5. The largest absolute Gasteiger partial charge is 0.459 e. The molecule has 1 aliphatic heterocycles. The van der Waals surface area contributed by atoms with Crippen molar-refractivity contribution in [3.8, 4) is 5.75 Å². The van der Waals surface area contributed by atoms with Gasteiger partial charge in [-0.1, -0.05) is 13.0 Å². The molecular weight excluding hydrogens is 610 g/mol. The fourth-order valence-corrected chi connectivity index (χ4v) is 5.78. The first-order valence-electron chi connectivity index (χ1n) is 15.4. The van der Waals surface area contributed by atoms with Crippen LogP contribution in [-0.4, -0.2) is 85.2 Å². The number of ether oxygens (including phenoxy) is 2. The molecule has 2 aliphatic rings. The van der Waals surface area contributed by atoms with Gasteiger partial charge in [0.25, 0.3) is 0 Å². The summed E-state index contributed by atoms with van der Waals surface area (Å²) in [5.74, 6) is -0.972. The molecule has 1 spiro atoms. The van der Waals surface area contributed by atoms with Crippen LogP contribution >= 0.6 is 0 Å². The number of fused-ring (bicyclic) bond motifs is 2. The topological polar surface area (TPSA) is 125 Å². The zero-order valence-corrected chi connectivity index (χ0v) is 27.2. The Kier molecular flexibility index (Phi) is 9.89. The van der Waals surface area contributed by atoms with E-state index in [1.807, 2.05) is 40.9 Å². The molecule has 14 heteroatoms. The number of anilines is 6. The molecule has 12 nitrogen and oxygen atoms in total. The third-order valence-corrected chi connectivity index (χ3v) is 8.24.